The maximum atomic E-state index is 12.6. The van der Waals surface area contributed by atoms with Gasteiger partial charge in [-0.3, -0.25) is 4.79 Å². The highest BCUT2D eigenvalue weighted by Crippen LogP contribution is 2.61. The van der Waals surface area contributed by atoms with Crippen molar-refractivity contribution in [2.24, 2.45) is 17.3 Å². The molecule has 1 saturated heterocycles. The van der Waals surface area contributed by atoms with E-state index in [1.807, 2.05) is 0 Å². The zero-order valence-corrected chi connectivity index (χ0v) is 12.5. The van der Waals surface area contributed by atoms with Gasteiger partial charge in [0, 0.05) is 25.9 Å². The molecule has 8 heteroatoms. The Morgan fingerprint density at radius 2 is 1.77 bits per heavy atom. The van der Waals surface area contributed by atoms with Crippen molar-refractivity contribution >= 4 is 12.0 Å². The van der Waals surface area contributed by atoms with Gasteiger partial charge in [0.1, 0.15) is 6.54 Å². The summed E-state index contributed by atoms with van der Waals surface area (Å²) < 4.78 is 42.4. The van der Waals surface area contributed by atoms with Crippen LogP contribution in [0.1, 0.15) is 26.7 Å². The maximum absolute atomic E-state index is 12.6. The summed E-state index contributed by atoms with van der Waals surface area (Å²) in [6.07, 6.45) is -6.19. The molecule has 0 bridgehead atoms. The van der Waals surface area contributed by atoms with E-state index >= 15 is 0 Å². The molecule has 2 amide bonds. The smallest absolute Gasteiger partial charge is 0.428 e. The number of hydrogen-bond donors (Lipinski definition) is 1. The Morgan fingerprint density at radius 1 is 1.23 bits per heavy atom. The number of hydrogen-bond acceptors (Lipinski definition) is 3. The minimum atomic E-state index is -4.56. The van der Waals surface area contributed by atoms with Crippen LogP contribution in [0.2, 0.25) is 0 Å². The summed E-state index contributed by atoms with van der Waals surface area (Å²) in [6, 6.07) is 0. The summed E-state index contributed by atoms with van der Waals surface area (Å²) in [4.78, 5) is 25.0. The molecule has 3 fully saturated rings. The van der Waals surface area contributed by atoms with E-state index in [0.717, 1.165) is 0 Å². The van der Waals surface area contributed by atoms with Gasteiger partial charge in [0.15, 0.2) is 0 Å². The van der Waals surface area contributed by atoms with Crippen LogP contribution in [0.4, 0.5) is 18.0 Å². The number of piperidine rings is 1. The van der Waals surface area contributed by atoms with Crippen molar-refractivity contribution in [1.82, 2.24) is 10.2 Å². The van der Waals surface area contributed by atoms with Crippen molar-refractivity contribution in [3.8, 4) is 0 Å². The number of rotatable bonds is 3. The first-order chi connectivity index (χ1) is 10.1. The number of alkyl halides is 3. The fourth-order valence-electron chi connectivity index (χ4n) is 3.37. The lowest BCUT2D eigenvalue weighted by molar-refractivity contribution is -0.217. The van der Waals surface area contributed by atoms with Crippen LogP contribution in [0.5, 0.6) is 0 Å². The van der Waals surface area contributed by atoms with Crippen molar-refractivity contribution < 1.29 is 27.5 Å². The van der Waals surface area contributed by atoms with Crippen LogP contribution in [0.3, 0.4) is 0 Å². The van der Waals surface area contributed by atoms with Gasteiger partial charge in [0.05, 0.1) is 0 Å². The second kappa shape index (κ2) is 4.52. The topological polar surface area (TPSA) is 58.6 Å². The van der Waals surface area contributed by atoms with Crippen LogP contribution in [-0.4, -0.2) is 48.3 Å². The second-order valence-electron chi connectivity index (χ2n) is 7.07. The molecule has 0 spiro atoms. The Kier molecular flexibility index (Phi) is 3.17. The highest BCUT2D eigenvalue weighted by molar-refractivity contribution is 5.82. The third-order valence-corrected chi connectivity index (χ3v) is 5.37. The quantitative estimate of drug-likeness (QED) is 0.864. The average Bonchev–Trinajstić information content (AvgIpc) is 3.18. The van der Waals surface area contributed by atoms with Gasteiger partial charge in [-0.2, -0.15) is 13.2 Å². The number of likely N-dealkylation sites (tertiary alicyclic amines) is 1. The summed E-state index contributed by atoms with van der Waals surface area (Å²) in [5.74, 6) is 0.698. The first-order valence-electron chi connectivity index (χ1n) is 7.38. The number of halogens is 3. The second-order valence-corrected chi connectivity index (χ2v) is 7.07. The summed E-state index contributed by atoms with van der Waals surface area (Å²) in [5.41, 5.74) is -2.08. The molecule has 1 heterocycles. The summed E-state index contributed by atoms with van der Waals surface area (Å²) >= 11 is 0. The first-order valence-corrected chi connectivity index (χ1v) is 7.38. The maximum Gasteiger partial charge on any atom is 0.428 e. The minimum absolute atomic E-state index is 0.220. The molecular weight excluding hydrogens is 301 g/mol. The summed E-state index contributed by atoms with van der Waals surface area (Å²) in [7, 11) is 0. The van der Waals surface area contributed by atoms with E-state index in [4.69, 9.17) is 0 Å². The zero-order valence-electron chi connectivity index (χ0n) is 12.5. The number of carbonyl (C=O) groups is 2. The number of carbonyl (C=O) groups excluding carboxylic acids is 2. The Balaban J connectivity index is 1.42. The van der Waals surface area contributed by atoms with Crippen molar-refractivity contribution in [2.45, 2.75) is 38.5 Å². The van der Waals surface area contributed by atoms with Gasteiger partial charge in [-0.05, 0) is 17.3 Å². The predicted molar refractivity (Wildman–Crippen MR) is 69.8 cm³/mol. The first kappa shape index (κ1) is 15.4. The molecule has 0 aromatic heterocycles. The number of alkyl carbamates (subject to hydrolysis) is 1. The summed E-state index contributed by atoms with van der Waals surface area (Å²) in [5, 5.41) is 2.13. The Hall–Kier alpha value is -1.47. The van der Waals surface area contributed by atoms with Gasteiger partial charge in [-0.1, -0.05) is 13.8 Å². The molecular formula is C14H19F3N2O3. The molecule has 5 nitrogen and oxygen atoms in total. The van der Waals surface area contributed by atoms with Crippen LogP contribution in [0, 0.1) is 17.3 Å². The van der Waals surface area contributed by atoms with Gasteiger partial charge in [0.25, 0.3) is 0 Å². The molecule has 1 aliphatic heterocycles. The Labute approximate surface area is 126 Å². The largest absolute Gasteiger partial charge is 0.433 e. The van der Waals surface area contributed by atoms with E-state index in [1.165, 1.54) is 0 Å². The lowest BCUT2D eigenvalue weighted by atomic mass is 10.1. The molecule has 2 saturated carbocycles. The normalized spacial score (nSPS) is 30.5. The molecule has 0 radical (unpaired) electrons. The van der Waals surface area contributed by atoms with E-state index in [9.17, 15) is 22.8 Å². The highest BCUT2D eigenvalue weighted by Gasteiger charge is 2.67. The van der Waals surface area contributed by atoms with E-state index < -0.39 is 17.9 Å². The zero-order chi connectivity index (χ0) is 16.3. The fraction of sp³-hybridized carbons (Fsp3) is 0.857. The SMILES string of the molecule is CC1(C)C2CN(C(=O)CNC(=O)OC3(C(F)(F)F)CC3)CC21. The lowest BCUT2D eigenvalue weighted by Gasteiger charge is -2.23. The van der Waals surface area contributed by atoms with Crippen LogP contribution < -0.4 is 5.32 Å². The van der Waals surface area contributed by atoms with E-state index in [0.29, 0.717) is 24.9 Å². The third kappa shape index (κ3) is 2.42. The molecule has 2 atom stereocenters. The van der Waals surface area contributed by atoms with Gasteiger partial charge in [0.2, 0.25) is 11.5 Å². The number of amides is 2. The molecule has 124 valence electrons. The molecule has 1 N–H and O–H groups in total. The van der Waals surface area contributed by atoms with Gasteiger partial charge >= 0.3 is 12.3 Å². The molecule has 3 rings (SSSR count). The van der Waals surface area contributed by atoms with Crippen molar-refractivity contribution in [1.29, 1.82) is 0 Å². The Morgan fingerprint density at radius 3 is 2.23 bits per heavy atom. The van der Waals surface area contributed by atoms with Crippen molar-refractivity contribution in [2.75, 3.05) is 19.6 Å². The standard InChI is InChI=1S/C14H19F3N2O3/c1-12(2)8-6-19(7-9(8)12)10(20)5-18-11(21)22-13(3-4-13)14(15,16)17/h8-9H,3-7H2,1-2H3,(H,18,21). The van der Waals surface area contributed by atoms with Crippen molar-refractivity contribution in [3.05, 3.63) is 0 Å². The van der Waals surface area contributed by atoms with Crippen LogP contribution >= 0.6 is 0 Å². The average molecular weight is 320 g/mol. The van der Waals surface area contributed by atoms with E-state index in [1.54, 1.807) is 4.90 Å². The van der Waals surface area contributed by atoms with Crippen LogP contribution in [0.25, 0.3) is 0 Å². The van der Waals surface area contributed by atoms with Gasteiger partial charge < -0.3 is 15.0 Å². The minimum Gasteiger partial charge on any atom is -0.433 e. The van der Waals surface area contributed by atoms with Gasteiger partial charge in [-0.25, -0.2) is 4.79 Å². The monoisotopic (exact) mass is 320 g/mol. The number of fused-ring (bicyclic) bond motifs is 1. The Bertz CT molecular complexity index is 500. The number of nitrogens with one attached hydrogen (secondary N) is 1. The fourth-order valence-corrected chi connectivity index (χ4v) is 3.37. The summed E-state index contributed by atoms with van der Waals surface area (Å²) in [6.45, 7) is 5.30. The lowest BCUT2D eigenvalue weighted by Crippen LogP contribution is -2.44. The predicted octanol–water partition coefficient (Wildman–Crippen LogP) is 1.92. The molecule has 0 aromatic carbocycles. The molecule has 22 heavy (non-hydrogen) atoms. The third-order valence-electron chi connectivity index (χ3n) is 5.37. The molecule has 0 aromatic rings. The van der Waals surface area contributed by atoms with E-state index in [-0.39, 0.29) is 30.7 Å². The molecule has 2 aliphatic carbocycles. The van der Waals surface area contributed by atoms with Crippen LogP contribution in [0.15, 0.2) is 0 Å². The molecule has 2 unspecified atom stereocenters. The van der Waals surface area contributed by atoms with Crippen LogP contribution in [-0.2, 0) is 9.53 Å². The van der Waals surface area contributed by atoms with Gasteiger partial charge in [-0.15, -0.1) is 0 Å². The van der Waals surface area contributed by atoms with Crippen molar-refractivity contribution in [3.63, 3.8) is 0 Å². The highest BCUT2D eigenvalue weighted by atomic mass is 19.4. The molecule has 3 aliphatic rings. The number of ether oxygens (including phenoxy) is 1. The number of nitrogens with zero attached hydrogens (tertiary/aromatic N) is 1. The van der Waals surface area contributed by atoms with E-state index in [2.05, 4.69) is 23.9 Å².